The van der Waals surface area contributed by atoms with Crippen molar-refractivity contribution in [2.45, 2.75) is 33.1 Å². The molecule has 0 aliphatic heterocycles. The number of hydrogen-bond acceptors (Lipinski definition) is 3. The molecule has 0 saturated heterocycles. The van der Waals surface area contributed by atoms with Gasteiger partial charge in [-0.2, -0.15) is 0 Å². The second-order valence-electron chi connectivity index (χ2n) is 4.95. The monoisotopic (exact) mass is 250 g/mol. The van der Waals surface area contributed by atoms with Gasteiger partial charge < -0.3 is 4.74 Å². The number of nitrogens with zero attached hydrogens (tertiary/aromatic N) is 1. The minimum Gasteiger partial charge on any atom is -0.494 e. The summed E-state index contributed by atoms with van der Waals surface area (Å²) in [6, 6.07) is 5.80. The Morgan fingerprint density at radius 3 is 2.50 bits per heavy atom. The van der Waals surface area contributed by atoms with Gasteiger partial charge in [0.25, 0.3) is 0 Å². The predicted octanol–water partition coefficient (Wildman–Crippen LogP) is 2.00. The number of hydrogen-bond donors (Lipinski definition) is 1. The van der Waals surface area contributed by atoms with Gasteiger partial charge in [-0.1, -0.05) is 12.1 Å². The van der Waals surface area contributed by atoms with E-state index < -0.39 is 5.41 Å². The average Bonchev–Trinajstić information content (AvgIpc) is 2.30. The quantitative estimate of drug-likeness (QED) is 0.505. The van der Waals surface area contributed by atoms with Gasteiger partial charge in [-0.15, -0.1) is 0 Å². The maximum atomic E-state index is 12.1. The zero-order valence-corrected chi connectivity index (χ0v) is 11.8. The smallest absolute Gasteiger partial charge is 0.246 e. The molecular weight excluding hydrogens is 228 g/mol. The topological polar surface area (TPSA) is 55.6 Å². The number of nitrogens with two attached hydrogens (primary N) is 1. The lowest BCUT2D eigenvalue weighted by Crippen LogP contribution is -2.45. The minimum atomic E-state index is -0.640. The summed E-state index contributed by atoms with van der Waals surface area (Å²) in [6.45, 7) is 8.29. The Hall–Kier alpha value is -1.55. The maximum absolute atomic E-state index is 12.1. The summed E-state index contributed by atoms with van der Waals surface area (Å²) in [4.78, 5) is 12.1. The normalized spacial score (nSPS) is 11.2. The first-order valence-corrected chi connectivity index (χ1v) is 6.07. The average molecular weight is 250 g/mol. The molecule has 0 aliphatic carbocycles. The SMILES string of the molecule is CCOc1ccc(C(C)(C)C(=O)N(C)N)cc1C. The van der Waals surface area contributed by atoms with E-state index in [4.69, 9.17) is 10.6 Å². The lowest BCUT2D eigenvalue weighted by Gasteiger charge is -2.27. The first-order chi connectivity index (χ1) is 8.30. The summed E-state index contributed by atoms with van der Waals surface area (Å²) in [6.07, 6.45) is 0. The van der Waals surface area contributed by atoms with Gasteiger partial charge >= 0.3 is 0 Å². The lowest BCUT2D eigenvalue weighted by molar-refractivity contribution is -0.135. The van der Waals surface area contributed by atoms with Crippen LogP contribution in [0.15, 0.2) is 18.2 Å². The summed E-state index contributed by atoms with van der Waals surface area (Å²) in [5.41, 5.74) is 1.32. The molecule has 2 N–H and O–H groups in total. The van der Waals surface area contributed by atoms with Crippen LogP contribution in [0.3, 0.4) is 0 Å². The van der Waals surface area contributed by atoms with Gasteiger partial charge in [-0.3, -0.25) is 9.80 Å². The van der Waals surface area contributed by atoms with E-state index in [2.05, 4.69) is 0 Å². The van der Waals surface area contributed by atoms with E-state index in [-0.39, 0.29) is 5.91 Å². The molecule has 0 atom stereocenters. The van der Waals surface area contributed by atoms with E-state index >= 15 is 0 Å². The van der Waals surface area contributed by atoms with E-state index in [0.717, 1.165) is 21.9 Å². The van der Waals surface area contributed by atoms with Crippen molar-refractivity contribution in [2.75, 3.05) is 13.7 Å². The second-order valence-corrected chi connectivity index (χ2v) is 4.95. The first kappa shape index (κ1) is 14.5. The lowest BCUT2D eigenvalue weighted by atomic mass is 9.83. The molecule has 0 aliphatic rings. The number of amides is 1. The number of hydrazine groups is 1. The number of ether oxygens (including phenoxy) is 1. The van der Waals surface area contributed by atoms with Gasteiger partial charge in [0.05, 0.1) is 12.0 Å². The third-order valence-corrected chi connectivity index (χ3v) is 3.05. The molecule has 1 aromatic rings. The van der Waals surface area contributed by atoms with Crippen LogP contribution in [0.4, 0.5) is 0 Å². The molecule has 0 bridgehead atoms. The Kier molecular flexibility index (Phi) is 4.35. The number of rotatable bonds is 4. The van der Waals surface area contributed by atoms with Crippen LogP contribution < -0.4 is 10.6 Å². The Labute approximate surface area is 109 Å². The second kappa shape index (κ2) is 5.40. The molecule has 0 radical (unpaired) electrons. The van der Waals surface area contributed by atoms with Crippen LogP contribution in [0.1, 0.15) is 31.9 Å². The molecule has 0 unspecified atom stereocenters. The van der Waals surface area contributed by atoms with Crippen LogP contribution in [0.5, 0.6) is 5.75 Å². The van der Waals surface area contributed by atoms with Gasteiger partial charge in [-0.25, -0.2) is 5.84 Å². The number of likely N-dealkylation sites (N-methyl/N-ethyl adjacent to an activating group) is 1. The first-order valence-electron chi connectivity index (χ1n) is 6.07. The highest BCUT2D eigenvalue weighted by molar-refractivity contribution is 5.86. The molecular formula is C14H22N2O2. The molecule has 0 fully saturated rings. The van der Waals surface area contributed by atoms with E-state index in [9.17, 15) is 4.79 Å². The van der Waals surface area contributed by atoms with E-state index in [1.54, 1.807) is 7.05 Å². The number of aryl methyl sites for hydroxylation is 1. The Balaban J connectivity index is 3.10. The maximum Gasteiger partial charge on any atom is 0.246 e. The molecule has 1 amide bonds. The standard InChI is InChI=1S/C14H22N2O2/c1-6-18-12-8-7-11(9-10(12)2)14(3,4)13(17)16(5)15/h7-9H,6,15H2,1-5H3. The molecule has 1 aromatic carbocycles. The molecule has 0 aromatic heterocycles. The van der Waals surface area contributed by atoms with Crippen molar-refractivity contribution >= 4 is 5.91 Å². The molecule has 0 heterocycles. The molecule has 100 valence electrons. The Morgan fingerprint density at radius 2 is 2.06 bits per heavy atom. The predicted molar refractivity (Wildman–Crippen MR) is 72.3 cm³/mol. The van der Waals surface area contributed by atoms with Gasteiger partial charge in [0.1, 0.15) is 5.75 Å². The molecule has 0 saturated carbocycles. The highest BCUT2D eigenvalue weighted by Crippen LogP contribution is 2.29. The van der Waals surface area contributed by atoms with Crippen molar-refractivity contribution in [3.63, 3.8) is 0 Å². The van der Waals surface area contributed by atoms with Crippen molar-refractivity contribution in [1.82, 2.24) is 5.01 Å². The fourth-order valence-corrected chi connectivity index (χ4v) is 1.92. The third kappa shape index (κ3) is 2.82. The number of carbonyl (C=O) groups is 1. The molecule has 4 nitrogen and oxygen atoms in total. The van der Waals surface area contributed by atoms with Gasteiger partial charge in [0.2, 0.25) is 5.91 Å². The van der Waals surface area contributed by atoms with Gasteiger partial charge in [0.15, 0.2) is 0 Å². The number of benzene rings is 1. The van der Waals surface area contributed by atoms with E-state index in [1.165, 1.54) is 0 Å². The molecule has 0 spiro atoms. The van der Waals surface area contributed by atoms with Crippen molar-refractivity contribution in [3.8, 4) is 5.75 Å². The number of carbonyl (C=O) groups excluding carboxylic acids is 1. The highest BCUT2D eigenvalue weighted by atomic mass is 16.5. The van der Waals surface area contributed by atoms with Crippen LogP contribution in [0, 0.1) is 6.92 Å². The highest BCUT2D eigenvalue weighted by Gasteiger charge is 2.31. The Bertz CT molecular complexity index is 439. The fourth-order valence-electron chi connectivity index (χ4n) is 1.92. The summed E-state index contributed by atoms with van der Waals surface area (Å²) in [5.74, 6) is 6.27. The van der Waals surface area contributed by atoms with Crippen LogP contribution in [-0.2, 0) is 10.2 Å². The van der Waals surface area contributed by atoms with Crippen molar-refractivity contribution in [3.05, 3.63) is 29.3 Å². The van der Waals surface area contributed by atoms with Crippen LogP contribution in [0.2, 0.25) is 0 Å². The summed E-state index contributed by atoms with van der Waals surface area (Å²) < 4.78 is 5.49. The fraction of sp³-hybridized carbons (Fsp3) is 0.500. The van der Waals surface area contributed by atoms with Crippen molar-refractivity contribution in [1.29, 1.82) is 0 Å². The summed E-state index contributed by atoms with van der Waals surface area (Å²) >= 11 is 0. The Morgan fingerprint density at radius 1 is 1.44 bits per heavy atom. The summed E-state index contributed by atoms with van der Waals surface area (Å²) in [5, 5.41) is 1.13. The van der Waals surface area contributed by atoms with Crippen LogP contribution in [-0.4, -0.2) is 24.6 Å². The zero-order chi connectivity index (χ0) is 13.9. The molecule has 1 rings (SSSR count). The van der Waals surface area contributed by atoms with E-state index in [1.807, 2.05) is 45.9 Å². The third-order valence-electron chi connectivity index (χ3n) is 3.05. The van der Waals surface area contributed by atoms with Crippen molar-refractivity contribution in [2.24, 2.45) is 5.84 Å². The van der Waals surface area contributed by atoms with Crippen molar-refractivity contribution < 1.29 is 9.53 Å². The zero-order valence-electron chi connectivity index (χ0n) is 11.8. The summed E-state index contributed by atoms with van der Waals surface area (Å²) in [7, 11) is 1.56. The van der Waals surface area contributed by atoms with Crippen LogP contribution in [0.25, 0.3) is 0 Å². The minimum absolute atomic E-state index is 0.119. The van der Waals surface area contributed by atoms with E-state index in [0.29, 0.717) is 6.61 Å². The van der Waals surface area contributed by atoms with Gasteiger partial charge in [0, 0.05) is 7.05 Å². The molecule has 18 heavy (non-hydrogen) atoms. The van der Waals surface area contributed by atoms with Crippen LogP contribution >= 0.6 is 0 Å². The van der Waals surface area contributed by atoms with Gasteiger partial charge in [-0.05, 0) is 44.9 Å². The molecule has 4 heteroatoms. The largest absolute Gasteiger partial charge is 0.494 e.